The molecule has 0 heterocycles. The van der Waals surface area contributed by atoms with Gasteiger partial charge in [0, 0.05) is 19.3 Å². The monoisotopic (exact) mass is 265 g/mol. The molecule has 4 heteroatoms. The minimum absolute atomic E-state index is 0.204. The molecule has 0 radical (unpaired) electrons. The van der Waals surface area contributed by atoms with Gasteiger partial charge in [0.2, 0.25) is 0 Å². The normalized spacial score (nSPS) is 11.1. The summed E-state index contributed by atoms with van der Waals surface area (Å²) < 4.78 is 10.1. The van der Waals surface area contributed by atoms with Crippen LogP contribution in [0.2, 0.25) is 0 Å². The zero-order chi connectivity index (χ0) is 14.6. The average molecular weight is 265 g/mol. The van der Waals surface area contributed by atoms with Crippen molar-refractivity contribution < 1.29 is 14.3 Å². The molecule has 0 aliphatic heterocycles. The van der Waals surface area contributed by atoms with Crippen molar-refractivity contribution in [3.05, 3.63) is 23.8 Å². The van der Waals surface area contributed by atoms with Gasteiger partial charge in [-0.05, 0) is 44.5 Å². The smallest absolute Gasteiger partial charge is 0.313 e. The van der Waals surface area contributed by atoms with Gasteiger partial charge < -0.3 is 14.4 Å². The molecule has 0 bridgehead atoms. The van der Waals surface area contributed by atoms with E-state index in [9.17, 15) is 4.79 Å². The zero-order valence-corrected chi connectivity index (χ0v) is 12.6. The maximum atomic E-state index is 11.7. The summed E-state index contributed by atoms with van der Waals surface area (Å²) in [5.74, 6) is 0.661. The molecule has 4 nitrogen and oxygen atoms in total. The lowest BCUT2D eigenvalue weighted by Crippen LogP contribution is -2.38. The number of carbonyl (C=O) groups is 1. The topological polar surface area (TPSA) is 38.8 Å². The molecule has 1 aromatic rings. The Morgan fingerprint density at radius 1 is 1.32 bits per heavy atom. The van der Waals surface area contributed by atoms with E-state index in [1.54, 1.807) is 7.11 Å². The van der Waals surface area contributed by atoms with Crippen LogP contribution in [0.3, 0.4) is 0 Å². The molecule has 19 heavy (non-hydrogen) atoms. The Labute approximate surface area is 115 Å². The first-order valence-electron chi connectivity index (χ1n) is 6.26. The maximum Gasteiger partial charge on any atom is 0.313 e. The highest BCUT2D eigenvalue weighted by Gasteiger charge is 2.30. The Balaban J connectivity index is 2.86. The fourth-order valence-corrected chi connectivity index (χ4v) is 2.13. The van der Waals surface area contributed by atoms with Crippen LogP contribution in [-0.2, 0) is 9.53 Å². The molecule has 106 valence electrons. The van der Waals surface area contributed by atoms with Crippen molar-refractivity contribution in [2.75, 3.05) is 32.7 Å². The van der Waals surface area contributed by atoms with Gasteiger partial charge in [-0.2, -0.15) is 0 Å². The molecule has 0 aromatic heterocycles. The van der Waals surface area contributed by atoms with Gasteiger partial charge in [-0.1, -0.05) is 0 Å². The minimum Gasteiger partial charge on any atom is -0.496 e. The number of ether oxygens (including phenoxy) is 2. The van der Waals surface area contributed by atoms with Gasteiger partial charge in [0.15, 0.2) is 0 Å². The Morgan fingerprint density at radius 3 is 2.42 bits per heavy atom. The summed E-state index contributed by atoms with van der Waals surface area (Å²) >= 11 is 0. The van der Waals surface area contributed by atoms with Crippen molar-refractivity contribution >= 4 is 11.7 Å². The number of hydrogen-bond donors (Lipinski definition) is 0. The van der Waals surface area contributed by atoms with E-state index in [0.717, 1.165) is 17.0 Å². The summed E-state index contributed by atoms with van der Waals surface area (Å²) in [5, 5.41) is 0. The molecule has 0 N–H and O–H groups in total. The number of nitrogens with zero attached hydrogens (tertiary/aromatic N) is 1. The van der Waals surface area contributed by atoms with Gasteiger partial charge in [0.05, 0.1) is 19.6 Å². The van der Waals surface area contributed by atoms with E-state index in [1.807, 2.05) is 50.9 Å². The van der Waals surface area contributed by atoms with Gasteiger partial charge in [0.25, 0.3) is 0 Å². The van der Waals surface area contributed by atoms with Crippen LogP contribution in [0.5, 0.6) is 5.75 Å². The third-order valence-electron chi connectivity index (χ3n) is 3.19. The van der Waals surface area contributed by atoms with E-state index < -0.39 is 5.41 Å². The maximum absolute atomic E-state index is 11.7. The third-order valence-corrected chi connectivity index (χ3v) is 3.19. The molecule has 0 spiro atoms. The van der Waals surface area contributed by atoms with E-state index in [1.165, 1.54) is 7.11 Å². The van der Waals surface area contributed by atoms with Crippen LogP contribution in [0.4, 0.5) is 5.69 Å². The highest BCUT2D eigenvalue weighted by molar-refractivity contribution is 5.76. The van der Waals surface area contributed by atoms with E-state index >= 15 is 0 Å². The van der Waals surface area contributed by atoms with Crippen molar-refractivity contribution in [2.24, 2.45) is 5.41 Å². The molecule has 1 rings (SSSR count). The molecule has 0 aliphatic rings. The lowest BCUT2D eigenvalue weighted by Gasteiger charge is -2.29. The van der Waals surface area contributed by atoms with Crippen LogP contribution in [0, 0.1) is 12.3 Å². The fourth-order valence-electron chi connectivity index (χ4n) is 2.13. The van der Waals surface area contributed by atoms with E-state index in [2.05, 4.69) is 0 Å². The first-order valence-corrected chi connectivity index (χ1v) is 6.26. The highest BCUT2D eigenvalue weighted by atomic mass is 16.5. The quantitative estimate of drug-likeness (QED) is 0.767. The summed E-state index contributed by atoms with van der Waals surface area (Å²) in [6.07, 6.45) is 0. The van der Waals surface area contributed by atoms with E-state index in [4.69, 9.17) is 9.47 Å². The number of methoxy groups -OCH3 is 2. The summed E-state index contributed by atoms with van der Waals surface area (Å²) in [6.45, 7) is 6.35. The summed E-state index contributed by atoms with van der Waals surface area (Å²) in [7, 11) is 5.04. The molecule has 0 saturated carbocycles. The van der Waals surface area contributed by atoms with Crippen molar-refractivity contribution in [1.82, 2.24) is 0 Å². The number of esters is 1. The van der Waals surface area contributed by atoms with Gasteiger partial charge >= 0.3 is 5.97 Å². The SMILES string of the molecule is COC(=O)C(C)(C)CN(C)c1ccc(OC)c(C)c1. The van der Waals surface area contributed by atoms with Crippen molar-refractivity contribution in [3.8, 4) is 5.75 Å². The molecular weight excluding hydrogens is 242 g/mol. The standard InChI is InChI=1S/C15H23NO3/c1-11-9-12(7-8-13(11)18-5)16(4)10-15(2,3)14(17)19-6/h7-9H,10H2,1-6H3. The molecule has 0 fully saturated rings. The molecule has 0 unspecified atom stereocenters. The summed E-state index contributed by atoms with van der Waals surface area (Å²) in [5.41, 5.74) is 1.58. The van der Waals surface area contributed by atoms with Gasteiger partial charge in [-0.25, -0.2) is 0 Å². The lowest BCUT2D eigenvalue weighted by molar-refractivity contribution is -0.150. The largest absolute Gasteiger partial charge is 0.496 e. The van der Waals surface area contributed by atoms with E-state index in [-0.39, 0.29) is 5.97 Å². The van der Waals surface area contributed by atoms with Gasteiger partial charge in [0.1, 0.15) is 5.75 Å². The van der Waals surface area contributed by atoms with Crippen LogP contribution < -0.4 is 9.64 Å². The summed E-state index contributed by atoms with van der Waals surface area (Å²) in [6, 6.07) is 5.97. The molecule has 0 aliphatic carbocycles. The molecule has 1 aromatic carbocycles. The second-order valence-corrected chi connectivity index (χ2v) is 5.39. The Morgan fingerprint density at radius 2 is 1.95 bits per heavy atom. The number of carbonyl (C=O) groups excluding carboxylic acids is 1. The number of rotatable bonds is 5. The Kier molecular flexibility index (Phi) is 4.81. The highest BCUT2D eigenvalue weighted by Crippen LogP contribution is 2.26. The van der Waals surface area contributed by atoms with Crippen LogP contribution in [0.25, 0.3) is 0 Å². The molecule has 0 atom stereocenters. The fraction of sp³-hybridized carbons (Fsp3) is 0.533. The van der Waals surface area contributed by atoms with Gasteiger partial charge in [-0.3, -0.25) is 4.79 Å². The number of anilines is 1. The van der Waals surface area contributed by atoms with Crippen LogP contribution >= 0.6 is 0 Å². The zero-order valence-electron chi connectivity index (χ0n) is 12.6. The van der Waals surface area contributed by atoms with Crippen molar-refractivity contribution in [1.29, 1.82) is 0 Å². The molecular formula is C15H23NO3. The third kappa shape index (κ3) is 3.63. The number of hydrogen-bond acceptors (Lipinski definition) is 4. The predicted molar refractivity (Wildman–Crippen MR) is 76.8 cm³/mol. The van der Waals surface area contributed by atoms with Crippen molar-refractivity contribution in [3.63, 3.8) is 0 Å². The van der Waals surface area contributed by atoms with Crippen LogP contribution in [-0.4, -0.2) is 33.8 Å². The second kappa shape index (κ2) is 5.95. The second-order valence-electron chi connectivity index (χ2n) is 5.39. The first-order chi connectivity index (χ1) is 8.81. The number of benzene rings is 1. The van der Waals surface area contributed by atoms with Crippen molar-refractivity contribution in [2.45, 2.75) is 20.8 Å². The molecule has 0 saturated heterocycles. The van der Waals surface area contributed by atoms with Crippen LogP contribution in [0.1, 0.15) is 19.4 Å². The first kappa shape index (κ1) is 15.3. The summed E-state index contributed by atoms with van der Waals surface area (Å²) in [4.78, 5) is 13.7. The molecule has 0 amide bonds. The van der Waals surface area contributed by atoms with Gasteiger partial charge in [-0.15, -0.1) is 0 Å². The Hall–Kier alpha value is -1.71. The Bertz CT molecular complexity index is 455. The average Bonchev–Trinajstić information content (AvgIpc) is 2.36. The lowest BCUT2D eigenvalue weighted by atomic mass is 9.93. The number of aryl methyl sites for hydroxylation is 1. The predicted octanol–water partition coefficient (Wildman–Crippen LogP) is 2.64. The van der Waals surface area contributed by atoms with Crippen LogP contribution in [0.15, 0.2) is 18.2 Å². The minimum atomic E-state index is -0.544. The van der Waals surface area contributed by atoms with E-state index in [0.29, 0.717) is 6.54 Å².